The van der Waals surface area contributed by atoms with Crippen molar-refractivity contribution in [2.75, 3.05) is 41.3 Å². The van der Waals surface area contributed by atoms with Gasteiger partial charge in [0.05, 0.1) is 30.0 Å². The highest BCUT2D eigenvalue weighted by atomic mass is 16.1. The lowest BCUT2D eigenvalue weighted by Crippen LogP contribution is -2.47. The first kappa shape index (κ1) is 17.8. The number of anilines is 3. The number of rotatable bonds is 4. The van der Waals surface area contributed by atoms with Crippen LogP contribution in [-0.2, 0) is 0 Å². The first-order chi connectivity index (χ1) is 13.7. The molecule has 3 aromatic heterocycles. The molecule has 1 fully saturated rings. The zero-order chi connectivity index (χ0) is 19.3. The van der Waals surface area contributed by atoms with Crippen LogP contribution in [0.4, 0.5) is 17.5 Å². The van der Waals surface area contributed by atoms with E-state index in [1.165, 1.54) is 6.20 Å². The number of carbonyl (C=O) groups is 1. The molecule has 1 amide bonds. The minimum absolute atomic E-state index is 0.250. The van der Waals surface area contributed by atoms with Crippen LogP contribution in [0.25, 0.3) is 0 Å². The summed E-state index contributed by atoms with van der Waals surface area (Å²) in [7, 11) is 0. The molecular weight excluding hydrogens is 356 g/mol. The van der Waals surface area contributed by atoms with E-state index in [2.05, 4.69) is 40.0 Å². The summed E-state index contributed by atoms with van der Waals surface area (Å²) in [6.45, 7) is 5.13. The van der Waals surface area contributed by atoms with Gasteiger partial charge in [-0.25, -0.2) is 19.9 Å². The maximum absolute atomic E-state index is 12.2. The summed E-state index contributed by atoms with van der Waals surface area (Å²) in [6.07, 6.45) is 8.01. The van der Waals surface area contributed by atoms with Crippen molar-refractivity contribution >= 4 is 23.4 Å². The predicted octanol–water partition coefficient (Wildman–Crippen LogP) is 1.55. The smallest absolute Gasteiger partial charge is 0.275 e. The van der Waals surface area contributed by atoms with E-state index in [0.29, 0.717) is 11.6 Å². The lowest BCUT2D eigenvalue weighted by Gasteiger charge is -2.35. The molecule has 3 aromatic rings. The molecule has 1 N–H and O–H groups in total. The van der Waals surface area contributed by atoms with E-state index in [4.69, 9.17) is 0 Å². The molecule has 0 unspecified atom stereocenters. The maximum Gasteiger partial charge on any atom is 0.275 e. The summed E-state index contributed by atoms with van der Waals surface area (Å²) in [5, 5.41) is 2.73. The summed E-state index contributed by atoms with van der Waals surface area (Å²) >= 11 is 0. The fourth-order valence-electron chi connectivity index (χ4n) is 2.93. The number of nitrogens with zero attached hydrogens (tertiary/aromatic N) is 7. The minimum atomic E-state index is -0.340. The molecule has 4 heterocycles. The second-order valence-electron chi connectivity index (χ2n) is 6.43. The highest BCUT2D eigenvalue weighted by Gasteiger charge is 2.20. The zero-order valence-corrected chi connectivity index (χ0v) is 15.5. The molecule has 0 spiro atoms. The first-order valence-corrected chi connectivity index (χ1v) is 9.02. The molecule has 4 rings (SSSR count). The van der Waals surface area contributed by atoms with Crippen LogP contribution < -0.4 is 15.1 Å². The Morgan fingerprint density at radius 2 is 1.64 bits per heavy atom. The summed E-state index contributed by atoms with van der Waals surface area (Å²) < 4.78 is 0. The van der Waals surface area contributed by atoms with E-state index < -0.39 is 0 Å². The Morgan fingerprint density at radius 3 is 2.29 bits per heavy atom. The van der Waals surface area contributed by atoms with E-state index >= 15 is 0 Å². The standard InChI is InChI=1S/C19H20N8O/c1-14-10-22-16(13-21-14)18(28)25-15-11-23-19(24-12-15)27-8-6-26(7-9-27)17-4-2-3-5-20-17/h2-5,10-13H,6-9H2,1H3,(H,25,28). The van der Waals surface area contributed by atoms with Crippen LogP contribution >= 0.6 is 0 Å². The molecular formula is C19H20N8O. The van der Waals surface area contributed by atoms with Gasteiger partial charge in [-0.3, -0.25) is 9.78 Å². The molecule has 9 nitrogen and oxygen atoms in total. The third kappa shape index (κ3) is 4.03. The Balaban J connectivity index is 1.35. The van der Waals surface area contributed by atoms with Crippen LogP contribution in [0.3, 0.4) is 0 Å². The molecule has 0 aromatic carbocycles. The molecule has 1 aliphatic rings. The summed E-state index contributed by atoms with van der Waals surface area (Å²) in [6, 6.07) is 5.93. The third-order valence-corrected chi connectivity index (χ3v) is 4.45. The molecule has 0 atom stereocenters. The van der Waals surface area contributed by atoms with Crippen LogP contribution in [0.5, 0.6) is 0 Å². The number of aromatic nitrogens is 5. The van der Waals surface area contributed by atoms with E-state index in [9.17, 15) is 4.79 Å². The molecule has 0 saturated carbocycles. The van der Waals surface area contributed by atoms with Crippen molar-refractivity contribution in [3.63, 3.8) is 0 Å². The average Bonchev–Trinajstić information content (AvgIpc) is 2.75. The van der Waals surface area contributed by atoms with Crippen molar-refractivity contribution in [2.24, 2.45) is 0 Å². The van der Waals surface area contributed by atoms with Gasteiger partial charge in [0, 0.05) is 38.6 Å². The van der Waals surface area contributed by atoms with Crippen molar-refractivity contribution in [3.8, 4) is 0 Å². The van der Waals surface area contributed by atoms with Gasteiger partial charge in [-0.05, 0) is 19.1 Å². The Labute approximate surface area is 162 Å². The number of pyridine rings is 1. The van der Waals surface area contributed by atoms with Crippen LogP contribution in [0.15, 0.2) is 49.2 Å². The SMILES string of the molecule is Cc1cnc(C(=O)Nc2cnc(N3CCN(c4ccccn4)CC3)nc2)cn1. The number of nitrogens with one attached hydrogen (secondary N) is 1. The van der Waals surface area contributed by atoms with E-state index in [0.717, 1.165) is 37.7 Å². The van der Waals surface area contributed by atoms with Crippen LogP contribution in [0.2, 0.25) is 0 Å². The second-order valence-corrected chi connectivity index (χ2v) is 6.43. The average molecular weight is 376 g/mol. The second kappa shape index (κ2) is 7.95. The van der Waals surface area contributed by atoms with Gasteiger partial charge in [0.1, 0.15) is 11.5 Å². The lowest BCUT2D eigenvalue weighted by atomic mass is 10.3. The maximum atomic E-state index is 12.2. The van der Waals surface area contributed by atoms with Gasteiger partial charge in [0.15, 0.2) is 0 Å². The van der Waals surface area contributed by atoms with Crippen molar-refractivity contribution in [1.82, 2.24) is 24.9 Å². The van der Waals surface area contributed by atoms with Gasteiger partial charge in [0.25, 0.3) is 5.91 Å². The van der Waals surface area contributed by atoms with Crippen LogP contribution in [0.1, 0.15) is 16.2 Å². The molecule has 0 aliphatic carbocycles. The van der Waals surface area contributed by atoms with Crippen molar-refractivity contribution in [1.29, 1.82) is 0 Å². The highest BCUT2D eigenvalue weighted by molar-refractivity contribution is 6.02. The van der Waals surface area contributed by atoms with E-state index in [1.807, 2.05) is 25.1 Å². The largest absolute Gasteiger partial charge is 0.353 e. The number of piperazine rings is 1. The van der Waals surface area contributed by atoms with Crippen LogP contribution in [0, 0.1) is 6.92 Å². The van der Waals surface area contributed by atoms with Gasteiger partial charge in [-0.15, -0.1) is 0 Å². The van der Waals surface area contributed by atoms with Gasteiger partial charge in [-0.1, -0.05) is 6.07 Å². The molecule has 1 saturated heterocycles. The fraction of sp³-hybridized carbons (Fsp3) is 0.263. The molecule has 28 heavy (non-hydrogen) atoms. The summed E-state index contributed by atoms with van der Waals surface area (Å²) in [5.74, 6) is 1.29. The predicted molar refractivity (Wildman–Crippen MR) is 105 cm³/mol. The Morgan fingerprint density at radius 1 is 0.893 bits per heavy atom. The Hall–Kier alpha value is -3.62. The summed E-state index contributed by atoms with van der Waals surface area (Å²) in [4.78, 5) is 37.9. The zero-order valence-electron chi connectivity index (χ0n) is 15.5. The monoisotopic (exact) mass is 376 g/mol. The molecule has 9 heteroatoms. The topological polar surface area (TPSA) is 100 Å². The van der Waals surface area contributed by atoms with Gasteiger partial charge >= 0.3 is 0 Å². The normalized spacial score (nSPS) is 14.0. The summed E-state index contributed by atoms with van der Waals surface area (Å²) in [5.41, 5.74) is 1.52. The number of aryl methyl sites for hydroxylation is 1. The number of carbonyl (C=O) groups excluding carboxylic acids is 1. The van der Waals surface area contributed by atoms with Crippen molar-refractivity contribution in [2.45, 2.75) is 6.92 Å². The lowest BCUT2D eigenvalue weighted by molar-refractivity contribution is 0.102. The molecule has 0 radical (unpaired) electrons. The molecule has 142 valence electrons. The minimum Gasteiger partial charge on any atom is -0.353 e. The number of amides is 1. The fourth-order valence-corrected chi connectivity index (χ4v) is 2.93. The third-order valence-electron chi connectivity index (χ3n) is 4.45. The Bertz CT molecular complexity index is 922. The van der Waals surface area contributed by atoms with Gasteiger partial charge < -0.3 is 15.1 Å². The molecule has 0 bridgehead atoms. The first-order valence-electron chi connectivity index (χ1n) is 9.02. The number of hydrogen-bond acceptors (Lipinski definition) is 8. The Kier molecular flexibility index (Phi) is 5.05. The van der Waals surface area contributed by atoms with Crippen molar-refractivity contribution < 1.29 is 4.79 Å². The molecule has 1 aliphatic heterocycles. The highest BCUT2D eigenvalue weighted by Crippen LogP contribution is 2.16. The van der Waals surface area contributed by atoms with Crippen molar-refractivity contribution in [3.05, 3.63) is 60.6 Å². The quantitative estimate of drug-likeness (QED) is 0.732. The van der Waals surface area contributed by atoms with E-state index in [-0.39, 0.29) is 11.6 Å². The number of hydrogen-bond donors (Lipinski definition) is 1. The van der Waals surface area contributed by atoms with Gasteiger partial charge in [0.2, 0.25) is 5.95 Å². The van der Waals surface area contributed by atoms with E-state index in [1.54, 1.807) is 24.8 Å². The van der Waals surface area contributed by atoms with Crippen LogP contribution in [-0.4, -0.2) is 57.0 Å². The van der Waals surface area contributed by atoms with Gasteiger partial charge in [-0.2, -0.15) is 0 Å².